The molecule has 8 N–H and O–H groups in total. The van der Waals surface area contributed by atoms with Crippen LogP contribution in [0.1, 0.15) is 103 Å². The van der Waals surface area contributed by atoms with Crippen molar-refractivity contribution >= 4 is 58.6 Å². The number of hydrazine groups is 1. The number of imide groups is 4. The highest BCUT2D eigenvalue weighted by atomic mass is 16.2. The molecule has 24 unspecified atom stereocenters. The molecule has 16 aliphatic rings. The van der Waals surface area contributed by atoms with Crippen LogP contribution < -0.4 is 52.3 Å². The summed E-state index contributed by atoms with van der Waals surface area (Å²) < 4.78 is 0. The van der Waals surface area contributed by atoms with Crippen LogP contribution in [0, 0.1) is 71.0 Å². The lowest BCUT2D eigenvalue weighted by Crippen LogP contribution is -2.88. The molecular formula is C64H78N12O8. The lowest BCUT2D eigenvalue weighted by Gasteiger charge is -2.69. The molecule has 8 aliphatic carbocycles. The first kappa shape index (κ1) is 51.9. The van der Waals surface area contributed by atoms with Crippen molar-refractivity contribution in [2.45, 2.75) is 199 Å². The third kappa shape index (κ3) is 6.99. The van der Waals surface area contributed by atoms with Gasteiger partial charge in [-0.05, 0) is 99.3 Å². The number of fused-ring (bicyclic) bond motifs is 16. The van der Waals surface area contributed by atoms with Gasteiger partial charge in [0.25, 0.3) is 23.6 Å². The number of piperazine rings is 4. The van der Waals surface area contributed by atoms with E-state index in [0.29, 0.717) is 11.4 Å². The standard InChI is InChI=1S/C64H78N12O8/c77-57-41-37-39-45(53-49(41)65-29-19-7-11-23-33(29)69-53)61(81)75(62(82)46(39)54-50(66-30-20-8-12-24-34(30)70-54)42(37)58(78)73(57)27-15-3-1-4-16-27)76-63(83)47-40-38-43(51-55(47)71-35-25-13-9-21-31(35)67-51)59(79)74(28-17-5-2-6-18-28)60(80)44(38)52-56(48(40)64(76)84)72-36-26-14-10-22-32(36)68-52/h1-6,15-18,29-56,65-72H,7-14,19-26H2. The number of benzene rings is 2. The van der Waals surface area contributed by atoms with E-state index in [2.05, 4.69) is 42.5 Å². The maximum absolute atomic E-state index is 16.9. The van der Waals surface area contributed by atoms with Crippen LogP contribution in [0.2, 0.25) is 0 Å². The van der Waals surface area contributed by atoms with Gasteiger partial charge >= 0.3 is 0 Å². The van der Waals surface area contributed by atoms with Crippen molar-refractivity contribution in [1.82, 2.24) is 52.6 Å². The fourth-order valence-corrected chi connectivity index (χ4v) is 22.5. The molecule has 84 heavy (non-hydrogen) atoms. The van der Waals surface area contributed by atoms with E-state index in [1.807, 2.05) is 60.7 Å². The minimum Gasteiger partial charge on any atom is -0.307 e. The Hall–Kier alpha value is -5.32. The van der Waals surface area contributed by atoms with Crippen molar-refractivity contribution < 1.29 is 38.4 Å². The van der Waals surface area contributed by atoms with Gasteiger partial charge in [-0.3, -0.25) is 38.4 Å². The molecule has 18 rings (SSSR count). The summed E-state index contributed by atoms with van der Waals surface area (Å²) in [5.41, 5.74) is 0.992. The third-order valence-electron chi connectivity index (χ3n) is 25.4. The van der Waals surface area contributed by atoms with Crippen molar-refractivity contribution in [2.24, 2.45) is 71.0 Å². The van der Waals surface area contributed by atoms with Crippen LogP contribution in [0.25, 0.3) is 0 Å². The zero-order valence-corrected chi connectivity index (χ0v) is 47.3. The van der Waals surface area contributed by atoms with E-state index in [0.717, 1.165) is 113 Å². The number of para-hydroxylation sites is 2. The van der Waals surface area contributed by atoms with Gasteiger partial charge in [-0.2, -0.15) is 10.0 Å². The minimum atomic E-state index is -1.01. The molecule has 20 nitrogen and oxygen atoms in total. The number of rotatable bonds is 3. The van der Waals surface area contributed by atoms with Crippen molar-refractivity contribution in [3.63, 3.8) is 0 Å². The Morgan fingerprint density at radius 3 is 0.619 bits per heavy atom. The van der Waals surface area contributed by atoms with Crippen molar-refractivity contribution in [1.29, 1.82) is 0 Å². The van der Waals surface area contributed by atoms with E-state index in [1.165, 1.54) is 9.80 Å². The smallest absolute Gasteiger partial charge is 0.253 e. The van der Waals surface area contributed by atoms with Gasteiger partial charge < -0.3 is 42.5 Å². The predicted octanol–water partition coefficient (Wildman–Crippen LogP) is 1.20. The van der Waals surface area contributed by atoms with E-state index in [4.69, 9.17) is 0 Å². The Balaban J connectivity index is 0.804. The molecule has 8 saturated carbocycles. The summed E-state index contributed by atoms with van der Waals surface area (Å²) >= 11 is 0. The number of nitrogens with zero attached hydrogens (tertiary/aromatic N) is 4. The highest BCUT2D eigenvalue weighted by Gasteiger charge is 2.78. The van der Waals surface area contributed by atoms with E-state index in [-0.39, 0.29) is 72.0 Å². The molecule has 16 fully saturated rings. The lowest BCUT2D eigenvalue weighted by molar-refractivity contribution is -0.223. The molecule has 2 aromatic rings. The second-order valence-electron chi connectivity index (χ2n) is 28.7. The highest BCUT2D eigenvalue weighted by molar-refractivity contribution is 6.21. The summed E-state index contributed by atoms with van der Waals surface area (Å²) in [7, 11) is 0. The monoisotopic (exact) mass is 1140 g/mol. The third-order valence-corrected chi connectivity index (χ3v) is 25.4. The average Bonchev–Trinajstić information content (AvgIpc) is 0.707. The van der Waals surface area contributed by atoms with Crippen molar-refractivity contribution in [3.8, 4) is 0 Å². The van der Waals surface area contributed by atoms with Crippen LogP contribution in [0.4, 0.5) is 11.4 Å². The number of amides is 8. The number of nitrogens with one attached hydrogen (secondary N) is 8. The second-order valence-corrected chi connectivity index (χ2v) is 28.7. The van der Waals surface area contributed by atoms with Gasteiger partial charge in [0, 0.05) is 96.7 Å². The molecule has 0 aromatic heterocycles. The molecular weight excluding hydrogens is 1060 g/mol. The maximum Gasteiger partial charge on any atom is 0.253 e. The molecule has 442 valence electrons. The Morgan fingerprint density at radius 2 is 0.429 bits per heavy atom. The van der Waals surface area contributed by atoms with Gasteiger partial charge in [-0.25, -0.2) is 9.80 Å². The number of hydrogen-bond donors (Lipinski definition) is 8. The van der Waals surface area contributed by atoms with Crippen LogP contribution >= 0.6 is 0 Å². The lowest BCUT2D eigenvalue weighted by atomic mass is 9.45. The number of anilines is 2. The number of carbonyl (C=O) groups excluding carboxylic acids is 8. The SMILES string of the molecule is O=C1C2C3NC4CCCCC4NC3C3C(=O)N(N4C(=O)C5C6NC7CCCCC7NC6C6C(=O)N(c7ccccc7)C(=O)C7C8NC9CCCCC9NC8C(C4=O)C5C67)C(=O)C4C5NC6CCCCC6NC5C(C(=O)N1c1ccccc1)C2C34. The maximum atomic E-state index is 16.9. The summed E-state index contributed by atoms with van der Waals surface area (Å²) in [6.07, 6.45) is 14.8. The summed E-state index contributed by atoms with van der Waals surface area (Å²) in [4.78, 5) is 133. The minimum absolute atomic E-state index is 0.000909. The van der Waals surface area contributed by atoms with Gasteiger partial charge in [0.15, 0.2) is 0 Å². The molecule has 8 saturated heterocycles. The number of piperidine rings is 4. The van der Waals surface area contributed by atoms with Gasteiger partial charge in [0.1, 0.15) is 0 Å². The van der Waals surface area contributed by atoms with Gasteiger partial charge in [0.05, 0.1) is 58.7 Å². The Labute approximate surface area is 488 Å². The summed E-state index contributed by atoms with van der Waals surface area (Å²) in [6, 6.07) is 12.9. The van der Waals surface area contributed by atoms with Crippen LogP contribution in [0.5, 0.6) is 0 Å². The molecule has 0 radical (unpaired) electrons. The average molecular weight is 1140 g/mol. The quantitative estimate of drug-likeness (QED) is 0.201. The number of hydrogen-bond acceptors (Lipinski definition) is 16. The van der Waals surface area contributed by atoms with Crippen molar-refractivity contribution in [3.05, 3.63) is 60.7 Å². The van der Waals surface area contributed by atoms with Crippen molar-refractivity contribution in [2.75, 3.05) is 9.80 Å². The van der Waals surface area contributed by atoms with E-state index in [9.17, 15) is 0 Å². The topological polar surface area (TPSA) is 246 Å². The largest absolute Gasteiger partial charge is 0.307 e. The number of carbonyl (C=O) groups is 8. The molecule has 2 aromatic carbocycles. The Bertz CT molecular complexity index is 2790. The highest BCUT2D eigenvalue weighted by Crippen LogP contribution is 2.63. The fourth-order valence-electron chi connectivity index (χ4n) is 22.5. The Kier molecular flexibility index (Phi) is 11.8. The Morgan fingerprint density at radius 1 is 0.250 bits per heavy atom. The summed E-state index contributed by atoms with van der Waals surface area (Å²) in [5, 5.41) is 33.9. The normalized spacial score (nSPS) is 49.6. The van der Waals surface area contributed by atoms with E-state index in [1.54, 1.807) is 0 Å². The van der Waals surface area contributed by atoms with Gasteiger partial charge in [-0.15, -0.1) is 0 Å². The van der Waals surface area contributed by atoms with E-state index >= 15 is 38.4 Å². The summed E-state index contributed by atoms with van der Waals surface area (Å²) in [6.45, 7) is 0. The van der Waals surface area contributed by atoms with E-state index < -0.39 is 143 Å². The van der Waals surface area contributed by atoms with Crippen LogP contribution in [-0.2, 0) is 38.4 Å². The molecule has 8 heterocycles. The molecule has 0 spiro atoms. The first-order chi connectivity index (χ1) is 41.0. The van der Waals surface area contributed by atoms with Gasteiger partial charge in [0.2, 0.25) is 23.6 Å². The van der Waals surface area contributed by atoms with Crippen LogP contribution in [0.15, 0.2) is 60.7 Å². The molecule has 0 bridgehead atoms. The first-order valence-corrected chi connectivity index (χ1v) is 32.8. The molecule has 20 heteroatoms. The molecule has 24 atom stereocenters. The predicted molar refractivity (Wildman–Crippen MR) is 303 cm³/mol. The first-order valence-electron chi connectivity index (χ1n) is 32.8. The van der Waals surface area contributed by atoms with Crippen LogP contribution in [-0.4, -0.2) is 154 Å². The van der Waals surface area contributed by atoms with Crippen LogP contribution in [0.3, 0.4) is 0 Å². The fraction of sp³-hybridized carbons (Fsp3) is 0.688. The van der Waals surface area contributed by atoms with Gasteiger partial charge in [-0.1, -0.05) is 87.8 Å². The second kappa shape index (κ2) is 19.1. The zero-order chi connectivity index (χ0) is 56.3. The molecule has 8 amide bonds. The molecule has 8 aliphatic heterocycles. The summed E-state index contributed by atoms with van der Waals surface area (Å²) in [5.74, 6) is -14.1. The zero-order valence-electron chi connectivity index (χ0n) is 47.3.